The number of aromatic nitrogens is 2. The van der Waals surface area contributed by atoms with E-state index in [2.05, 4.69) is 15.3 Å². The van der Waals surface area contributed by atoms with E-state index in [-0.39, 0.29) is 11.7 Å². The summed E-state index contributed by atoms with van der Waals surface area (Å²) in [5.41, 5.74) is 7.53. The third-order valence-electron chi connectivity index (χ3n) is 4.38. The van der Waals surface area contributed by atoms with Gasteiger partial charge in [0.05, 0.1) is 5.92 Å². The maximum absolute atomic E-state index is 12.9. The Morgan fingerprint density at radius 2 is 1.96 bits per heavy atom. The molecule has 1 aliphatic rings. The number of aliphatic carboxylic acids is 1. The highest BCUT2D eigenvalue weighted by molar-refractivity contribution is 5.75. The van der Waals surface area contributed by atoms with Crippen molar-refractivity contribution in [2.24, 2.45) is 5.92 Å². The molecule has 0 unspecified atom stereocenters. The first-order valence-corrected chi connectivity index (χ1v) is 8.11. The molecule has 7 nitrogen and oxygen atoms in total. The van der Waals surface area contributed by atoms with Gasteiger partial charge in [0.15, 0.2) is 11.6 Å². The van der Waals surface area contributed by atoms with Crippen LogP contribution in [0.4, 0.5) is 21.7 Å². The van der Waals surface area contributed by atoms with Gasteiger partial charge in [0.25, 0.3) is 0 Å². The zero-order valence-corrected chi connectivity index (χ0v) is 13.7. The van der Waals surface area contributed by atoms with Crippen LogP contribution in [0, 0.1) is 11.7 Å². The Kier molecular flexibility index (Phi) is 4.97. The monoisotopic (exact) mass is 345 g/mol. The van der Waals surface area contributed by atoms with Crippen LogP contribution >= 0.6 is 0 Å². The lowest BCUT2D eigenvalue weighted by Gasteiger charge is -2.31. The zero-order chi connectivity index (χ0) is 17.8. The van der Waals surface area contributed by atoms with Gasteiger partial charge in [0, 0.05) is 19.6 Å². The number of nitrogens with zero attached hydrogens (tertiary/aromatic N) is 3. The third kappa shape index (κ3) is 3.96. The minimum absolute atomic E-state index is 0.280. The summed E-state index contributed by atoms with van der Waals surface area (Å²) in [7, 11) is 0. The maximum Gasteiger partial charge on any atom is 0.306 e. The largest absolute Gasteiger partial charge is 0.481 e. The molecule has 25 heavy (non-hydrogen) atoms. The van der Waals surface area contributed by atoms with E-state index in [1.807, 2.05) is 4.90 Å². The van der Waals surface area contributed by atoms with Crippen molar-refractivity contribution < 1.29 is 14.3 Å². The summed E-state index contributed by atoms with van der Waals surface area (Å²) in [6, 6.07) is 6.19. The van der Waals surface area contributed by atoms with E-state index in [9.17, 15) is 9.18 Å². The third-order valence-corrected chi connectivity index (χ3v) is 4.38. The average molecular weight is 345 g/mol. The van der Waals surface area contributed by atoms with Crippen molar-refractivity contribution in [2.75, 3.05) is 29.0 Å². The second-order valence-electron chi connectivity index (χ2n) is 6.04. The van der Waals surface area contributed by atoms with E-state index < -0.39 is 5.97 Å². The van der Waals surface area contributed by atoms with Gasteiger partial charge in [-0.25, -0.2) is 14.4 Å². The number of nitrogen functional groups attached to an aromatic ring is 1. The fourth-order valence-corrected chi connectivity index (χ4v) is 2.91. The fourth-order valence-electron chi connectivity index (χ4n) is 2.91. The number of anilines is 3. The number of nitrogens with one attached hydrogen (secondary N) is 1. The molecule has 132 valence electrons. The van der Waals surface area contributed by atoms with E-state index in [0.717, 1.165) is 5.56 Å². The fraction of sp³-hybridized carbons (Fsp3) is 0.353. The van der Waals surface area contributed by atoms with Crippen LogP contribution in [0.5, 0.6) is 0 Å². The highest BCUT2D eigenvalue weighted by Gasteiger charge is 2.26. The molecule has 8 heteroatoms. The van der Waals surface area contributed by atoms with Crippen LogP contribution in [0.15, 0.2) is 30.6 Å². The molecule has 4 N–H and O–H groups in total. The van der Waals surface area contributed by atoms with Crippen molar-refractivity contribution in [2.45, 2.75) is 19.4 Å². The molecule has 1 aromatic heterocycles. The summed E-state index contributed by atoms with van der Waals surface area (Å²) in [6.45, 7) is 1.65. The van der Waals surface area contributed by atoms with E-state index >= 15 is 0 Å². The molecule has 1 aromatic carbocycles. The number of benzene rings is 1. The van der Waals surface area contributed by atoms with Gasteiger partial charge < -0.3 is 21.1 Å². The van der Waals surface area contributed by atoms with Crippen LogP contribution in [-0.2, 0) is 11.3 Å². The molecule has 0 spiro atoms. The van der Waals surface area contributed by atoms with Gasteiger partial charge in [-0.3, -0.25) is 4.79 Å². The quantitative estimate of drug-likeness (QED) is 0.762. The van der Waals surface area contributed by atoms with Crippen LogP contribution in [0.25, 0.3) is 0 Å². The molecular weight excluding hydrogens is 325 g/mol. The van der Waals surface area contributed by atoms with Crippen molar-refractivity contribution in [3.63, 3.8) is 0 Å². The molecule has 0 aliphatic carbocycles. The Morgan fingerprint density at radius 1 is 1.28 bits per heavy atom. The molecule has 2 aromatic rings. The lowest BCUT2D eigenvalue weighted by Crippen LogP contribution is -2.37. The molecule has 0 atom stereocenters. The normalized spacial score (nSPS) is 15.2. The van der Waals surface area contributed by atoms with Crippen molar-refractivity contribution in [1.82, 2.24) is 9.97 Å². The molecule has 3 rings (SSSR count). The molecule has 0 amide bonds. The topological polar surface area (TPSA) is 104 Å². The van der Waals surface area contributed by atoms with Gasteiger partial charge in [0.2, 0.25) is 0 Å². The summed E-state index contributed by atoms with van der Waals surface area (Å²) >= 11 is 0. The molecule has 0 radical (unpaired) electrons. The van der Waals surface area contributed by atoms with Gasteiger partial charge in [-0.15, -0.1) is 0 Å². The Morgan fingerprint density at radius 3 is 2.60 bits per heavy atom. The van der Waals surface area contributed by atoms with Crippen LogP contribution in [0.1, 0.15) is 18.4 Å². The highest BCUT2D eigenvalue weighted by Crippen LogP contribution is 2.30. The smallest absolute Gasteiger partial charge is 0.306 e. The van der Waals surface area contributed by atoms with Gasteiger partial charge in [-0.1, -0.05) is 12.1 Å². The summed E-state index contributed by atoms with van der Waals surface area (Å²) in [5, 5.41) is 12.2. The number of hydrogen-bond acceptors (Lipinski definition) is 6. The van der Waals surface area contributed by atoms with Gasteiger partial charge in [-0.2, -0.15) is 0 Å². The SMILES string of the molecule is Nc1c(NCc2ccc(F)cc2)ncnc1N1CCC(C(=O)O)CC1. The van der Waals surface area contributed by atoms with Crippen molar-refractivity contribution in [3.8, 4) is 0 Å². The maximum atomic E-state index is 12.9. The first-order chi connectivity index (χ1) is 12.0. The highest BCUT2D eigenvalue weighted by atomic mass is 19.1. The molecule has 2 heterocycles. The number of nitrogens with two attached hydrogens (primary N) is 1. The number of carbonyl (C=O) groups is 1. The second-order valence-corrected chi connectivity index (χ2v) is 6.04. The molecule has 1 fully saturated rings. The van der Waals surface area contributed by atoms with E-state index in [1.165, 1.54) is 18.5 Å². The Bertz CT molecular complexity index is 745. The number of piperidine rings is 1. The second kappa shape index (κ2) is 7.33. The van der Waals surface area contributed by atoms with Crippen molar-refractivity contribution >= 4 is 23.3 Å². The first kappa shape index (κ1) is 16.9. The van der Waals surface area contributed by atoms with Crippen LogP contribution < -0.4 is 16.0 Å². The van der Waals surface area contributed by atoms with Crippen molar-refractivity contribution in [3.05, 3.63) is 42.0 Å². The predicted octanol–water partition coefficient (Wildman–Crippen LogP) is 2.11. The van der Waals surface area contributed by atoms with Crippen molar-refractivity contribution in [1.29, 1.82) is 0 Å². The standard InChI is InChI=1S/C17H20FN5O2/c18-13-3-1-11(2-4-13)9-20-15-14(19)16(22-10-21-15)23-7-5-12(6-8-23)17(24)25/h1-4,10,12H,5-9,19H2,(H,24,25)(H,20,21,22). The number of hydrogen-bond donors (Lipinski definition) is 3. The minimum Gasteiger partial charge on any atom is -0.481 e. The molecular formula is C17H20FN5O2. The Labute approximate surface area is 144 Å². The Hall–Kier alpha value is -2.90. The summed E-state index contributed by atoms with van der Waals surface area (Å²) in [4.78, 5) is 21.5. The Balaban J connectivity index is 1.68. The van der Waals surface area contributed by atoms with Gasteiger partial charge in [0.1, 0.15) is 17.8 Å². The lowest BCUT2D eigenvalue weighted by molar-refractivity contribution is -0.142. The van der Waals surface area contributed by atoms with Gasteiger partial charge >= 0.3 is 5.97 Å². The molecule has 0 saturated carbocycles. The molecule has 0 bridgehead atoms. The predicted molar refractivity (Wildman–Crippen MR) is 92.7 cm³/mol. The van der Waals surface area contributed by atoms with Crippen LogP contribution in [0.3, 0.4) is 0 Å². The zero-order valence-electron chi connectivity index (χ0n) is 13.7. The van der Waals surface area contributed by atoms with Crippen LogP contribution in [-0.4, -0.2) is 34.1 Å². The lowest BCUT2D eigenvalue weighted by atomic mass is 9.97. The minimum atomic E-state index is -0.753. The number of rotatable bonds is 5. The molecule has 1 saturated heterocycles. The number of halogens is 1. The van der Waals surface area contributed by atoms with E-state index in [4.69, 9.17) is 10.8 Å². The molecule has 1 aliphatic heterocycles. The summed E-state index contributed by atoms with van der Waals surface area (Å²) in [6.07, 6.45) is 2.57. The average Bonchev–Trinajstić information content (AvgIpc) is 2.62. The summed E-state index contributed by atoms with van der Waals surface area (Å²) in [5.74, 6) is -0.222. The van der Waals surface area contributed by atoms with E-state index in [0.29, 0.717) is 49.8 Å². The van der Waals surface area contributed by atoms with Crippen LogP contribution in [0.2, 0.25) is 0 Å². The number of carboxylic acids is 1. The first-order valence-electron chi connectivity index (χ1n) is 8.11. The number of carboxylic acid groups (broad SMARTS) is 1. The van der Waals surface area contributed by atoms with E-state index in [1.54, 1.807) is 12.1 Å². The van der Waals surface area contributed by atoms with Gasteiger partial charge in [-0.05, 0) is 30.5 Å². The summed E-state index contributed by atoms with van der Waals surface area (Å²) < 4.78 is 12.9.